The number of aliphatic carboxylic acids is 1. The van der Waals surface area contributed by atoms with Gasteiger partial charge in [-0.3, -0.25) is 9.59 Å². The van der Waals surface area contributed by atoms with E-state index in [0.29, 0.717) is 13.1 Å². The van der Waals surface area contributed by atoms with E-state index in [0.717, 1.165) is 32.3 Å². The van der Waals surface area contributed by atoms with Crippen LogP contribution >= 0.6 is 0 Å². The SMILES string of the molecule is O=C(O)CCC(=O)N1CCC2(CCCCO2)C1. The molecule has 0 saturated carbocycles. The average molecular weight is 241 g/mol. The van der Waals surface area contributed by atoms with Gasteiger partial charge in [-0.25, -0.2) is 0 Å². The summed E-state index contributed by atoms with van der Waals surface area (Å²) in [6, 6.07) is 0. The number of hydrogen-bond donors (Lipinski definition) is 1. The predicted molar refractivity (Wildman–Crippen MR) is 60.6 cm³/mol. The summed E-state index contributed by atoms with van der Waals surface area (Å²) < 4.78 is 5.82. The van der Waals surface area contributed by atoms with E-state index >= 15 is 0 Å². The molecular formula is C12H19NO4. The molecule has 0 aromatic heterocycles. The largest absolute Gasteiger partial charge is 0.481 e. The first kappa shape index (κ1) is 12.4. The van der Waals surface area contributed by atoms with Gasteiger partial charge in [0.25, 0.3) is 0 Å². The minimum absolute atomic E-state index is 0.0570. The molecule has 0 aromatic carbocycles. The van der Waals surface area contributed by atoms with Gasteiger partial charge in [-0.15, -0.1) is 0 Å². The summed E-state index contributed by atoms with van der Waals surface area (Å²) in [5, 5.41) is 8.55. The van der Waals surface area contributed by atoms with Crippen LogP contribution in [0.15, 0.2) is 0 Å². The first-order valence-electron chi connectivity index (χ1n) is 6.25. The molecule has 2 fully saturated rings. The van der Waals surface area contributed by atoms with Crippen molar-refractivity contribution in [1.82, 2.24) is 4.90 Å². The Balaban J connectivity index is 1.84. The molecule has 1 atom stereocenters. The molecule has 0 radical (unpaired) electrons. The standard InChI is InChI=1S/C12H19NO4/c14-10(3-4-11(15)16)13-7-6-12(9-13)5-1-2-8-17-12/h1-9H2,(H,15,16). The highest BCUT2D eigenvalue weighted by Gasteiger charge is 2.41. The van der Waals surface area contributed by atoms with Crippen LogP contribution in [-0.2, 0) is 14.3 Å². The number of nitrogens with zero attached hydrogens (tertiary/aromatic N) is 1. The van der Waals surface area contributed by atoms with Gasteiger partial charge < -0.3 is 14.7 Å². The summed E-state index contributed by atoms with van der Waals surface area (Å²) in [6.07, 6.45) is 4.21. The van der Waals surface area contributed by atoms with Crippen molar-refractivity contribution in [3.63, 3.8) is 0 Å². The maximum atomic E-state index is 11.8. The Bertz CT molecular complexity index is 310. The average Bonchev–Trinajstić information content (AvgIpc) is 2.71. The summed E-state index contributed by atoms with van der Waals surface area (Å²) >= 11 is 0. The molecule has 0 aromatic rings. The fraction of sp³-hybridized carbons (Fsp3) is 0.833. The van der Waals surface area contributed by atoms with Crippen LogP contribution in [-0.4, -0.2) is 47.2 Å². The Morgan fingerprint density at radius 2 is 2.06 bits per heavy atom. The lowest BCUT2D eigenvalue weighted by molar-refractivity contribution is -0.141. The van der Waals surface area contributed by atoms with Crippen molar-refractivity contribution >= 4 is 11.9 Å². The van der Waals surface area contributed by atoms with Crippen LogP contribution in [0.4, 0.5) is 0 Å². The maximum absolute atomic E-state index is 11.8. The summed E-state index contributed by atoms with van der Waals surface area (Å²) in [5.41, 5.74) is -0.128. The summed E-state index contributed by atoms with van der Waals surface area (Å²) in [7, 11) is 0. The molecule has 2 heterocycles. The van der Waals surface area contributed by atoms with Gasteiger partial charge in [-0.2, -0.15) is 0 Å². The number of ether oxygens (including phenoxy) is 1. The molecule has 2 rings (SSSR count). The Labute approximate surface area is 101 Å². The lowest BCUT2D eigenvalue weighted by atomic mass is 9.93. The van der Waals surface area contributed by atoms with Gasteiger partial charge in [-0.05, 0) is 25.7 Å². The Morgan fingerprint density at radius 3 is 2.71 bits per heavy atom. The lowest BCUT2D eigenvalue weighted by Crippen LogP contribution is -2.40. The smallest absolute Gasteiger partial charge is 0.303 e. The van der Waals surface area contributed by atoms with E-state index in [1.807, 2.05) is 0 Å². The number of hydrogen-bond acceptors (Lipinski definition) is 3. The van der Waals surface area contributed by atoms with E-state index in [4.69, 9.17) is 9.84 Å². The summed E-state index contributed by atoms with van der Waals surface area (Å²) in [4.78, 5) is 24.0. The Morgan fingerprint density at radius 1 is 1.24 bits per heavy atom. The summed E-state index contributed by atoms with van der Waals surface area (Å²) in [5.74, 6) is -0.973. The van der Waals surface area contributed by atoms with Crippen molar-refractivity contribution in [3.05, 3.63) is 0 Å². The van der Waals surface area contributed by atoms with Crippen LogP contribution in [0.3, 0.4) is 0 Å². The van der Waals surface area contributed by atoms with Crippen LogP contribution in [0.1, 0.15) is 38.5 Å². The van der Waals surface area contributed by atoms with E-state index in [-0.39, 0.29) is 24.3 Å². The van der Waals surface area contributed by atoms with Gasteiger partial charge in [0, 0.05) is 26.1 Å². The minimum atomic E-state index is -0.916. The van der Waals surface area contributed by atoms with E-state index in [1.54, 1.807) is 4.90 Å². The van der Waals surface area contributed by atoms with Gasteiger partial charge in [0.1, 0.15) is 0 Å². The Kier molecular flexibility index (Phi) is 3.66. The molecule has 2 saturated heterocycles. The summed E-state index contributed by atoms with van der Waals surface area (Å²) in [6.45, 7) is 2.14. The molecule has 2 aliphatic rings. The van der Waals surface area contributed by atoms with E-state index in [9.17, 15) is 9.59 Å². The normalized spacial score (nSPS) is 28.6. The van der Waals surface area contributed by atoms with Crippen molar-refractivity contribution < 1.29 is 19.4 Å². The topological polar surface area (TPSA) is 66.8 Å². The highest BCUT2D eigenvalue weighted by Crippen LogP contribution is 2.34. The van der Waals surface area contributed by atoms with E-state index < -0.39 is 5.97 Å². The predicted octanol–water partition coefficient (Wildman–Crippen LogP) is 1.02. The van der Waals surface area contributed by atoms with E-state index in [2.05, 4.69) is 0 Å². The molecule has 1 N–H and O–H groups in total. The third-order valence-electron chi connectivity index (χ3n) is 3.66. The fourth-order valence-corrected chi connectivity index (χ4v) is 2.66. The number of carbonyl (C=O) groups is 2. The van der Waals surface area contributed by atoms with Crippen LogP contribution in [0, 0.1) is 0 Å². The monoisotopic (exact) mass is 241 g/mol. The lowest BCUT2D eigenvalue weighted by Gasteiger charge is -2.33. The van der Waals surface area contributed by atoms with Gasteiger partial charge in [-0.1, -0.05) is 0 Å². The second-order valence-electron chi connectivity index (χ2n) is 4.95. The van der Waals surface area contributed by atoms with Gasteiger partial charge in [0.15, 0.2) is 0 Å². The zero-order chi connectivity index (χ0) is 12.3. The zero-order valence-corrected chi connectivity index (χ0v) is 9.98. The Hall–Kier alpha value is -1.10. The van der Waals surface area contributed by atoms with Gasteiger partial charge in [0.2, 0.25) is 5.91 Å². The van der Waals surface area contributed by atoms with Crippen molar-refractivity contribution in [2.75, 3.05) is 19.7 Å². The second-order valence-corrected chi connectivity index (χ2v) is 4.95. The van der Waals surface area contributed by atoms with Crippen molar-refractivity contribution in [2.24, 2.45) is 0 Å². The number of carboxylic acid groups (broad SMARTS) is 1. The first-order valence-corrected chi connectivity index (χ1v) is 6.25. The molecular weight excluding hydrogens is 222 g/mol. The quantitative estimate of drug-likeness (QED) is 0.801. The maximum Gasteiger partial charge on any atom is 0.303 e. The number of likely N-dealkylation sites (tertiary alicyclic amines) is 1. The first-order chi connectivity index (χ1) is 8.11. The molecule has 96 valence electrons. The number of amides is 1. The number of rotatable bonds is 3. The molecule has 1 amide bonds. The van der Waals surface area contributed by atoms with Crippen molar-refractivity contribution in [3.8, 4) is 0 Å². The van der Waals surface area contributed by atoms with E-state index in [1.165, 1.54) is 0 Å². The third-order valence-corrected chi connectivity index (χ3v) is 3.66. The molecule has 17 heavy (non-hydrogen) atoms. The highest BCUT2D eigenvalue weighted by molar-refractivity contribution is 5.81. The van der Waals surface area contributed by atoms with Gasteiger partial charge >= 0.3 is 5.97 Å². The van der Waals surface area contributed by atoms with Crippen LogP contribution in [0.25, 0.3) is 0 Å². The van der Waals surface area contributed by atoms with Crippen LogP contribution < -0.4 is 0 Å². The molecule has 1 unspecified atom stereocenters. The second kappa shape index (κ2) is 5.04. The van der Waals surface area contributed by atoms with Gasteiger partial charge in [0.05, 0.1) is 12.0 Å². The minimum Gasteiger partial charge on any atom is -0.481 e. The van der Waals surface area contributed by atoms with Crippen molar-refractivity contribution in [2.45, 2.75) is 44.1 Å². The highest BCUT2D eigenvalue weighted by atomic mass is 16.5. The number of carbonyl (C=O) groups excluding carboxylic acids is 1. The van der Waals surface area contributed by atoms with Crippen LogP contribution in [0.5, 0.6) is 0 Å². The molecule has 0 bridgehead atoms. The molecule has 2 aliphatic heterocycles. The third kappa shape index (κ3) is 2.97. The fourth-order valence-electron chi connectivity index (χ4n) is 2.66. The molecule has 5 heteroatoms. The number of carboxylic acids is 1. The van der Waals surface area contributed by atoms with Crippen molar-refractivity contribution in [1.29, 1.82) is 0 Å². The molecule has 0 aliphatic carbocycles. The zero-order valence-electron chi connectivity index (χ0n) is 9.98. The molecule has 1 spiro atoms. The van der Waals surface area contributed by atoms with Crippen LogP contribution in [0.2, 0.25) is 0 Å². The molecule has 5 nitrogen and oxygen atoms in total.